The van der Waals surface area contributed by atoms with E-state index in [9.17, 15) is 4.79 Å². The van der Waals surface area contributed by atoms with Crippen LogP contribution < -0.4 is 11.1 Å². The molecule has 0 aliphatic carbocycles. The van der Waals surface area contributed by atoms with Crippen molar-refractivity contribution < 1.29 is 4.79 Å². The highest BCUT2D eigenvalue weighted by Gasteiger charge is 2.27. The smallest absolute Gasteiger partial charge is 0.237 e. The number of carbonyl (C=O) groups excluding carboxylic acids is 1. The van der Waals surface area contributed by atoms with E-state index in [0.29, 0.717) is 6.42 Å². The van der Waals surface area contributed by atoms with Crippen LogP contribution in [0.5, 0.6) is 0 Å². The van der Waals surface area contributed by atoms with E-state index in [-0.39, 0.29) is 5.91 Å². The number of aryl methyl sites for hydroxylation is 2. The molecule has 0 radical (unpaired) electrons. The molecule has 0 fully saturated rings. The van der Waals surface area contributed by atoms with E-state index in [0.717, 1.165) is 18.7 Å². The van der Waals surface area contributed by atoms with Crippen LogP contribution in [-0.2, 0) is 11.3 Å². The second-order valence-electron chi connectivity index (χ2n) is 4.27. The van der Waals surface area contributed by atoms with Gasteiger partial charge in [-0.1, -0.05) is 0 Å². The van der Waals surface area contributed by atoms with Crippen LogP contribution in [0.15, 0.2) is 12.3 Å². The molecule has 1 atom stereocenters. The van der Waals surface area contributed by atoms with Crippen LogP contribution in [-0.4, -0.2) is 28.3 Å². The standard InChI is InChI=1S/C11H20N4O/c1-9-5-8-15(14-9)7-4-6-11(2,13-3)10(12)16/h5,8,13H,4,6-7H2,1-3H3,(H2,12,16). The first-order valence-corrected chi connectivity index (χ1v) is 5.47. The summed E-state index contributed by atoms with van der Waals surface area (Å²) in [6, 6.07) is 1.96. The Bertz CT molecular complexity index is 361. The summed E-state index contributed by atoms with van der Waals surface area (Å²) >= 11 is 0. The molecule has 1 unspecified atom stereocenters. The van der Waals surface area contributed by atoms with Crippen molar-refractivity contribution in [3.05, 3.63) is 18.0 Å². The van der Waals surface area contributed by atoms with E-state index in [1.807, 2.05) is 30.8 Å². The van der Waals surface area contributed by atoms with E-state index in [2.05, 4.69) is 10.4 Å². The summed E-state index contributed by atoms with van der Waals surface area (Å²) in [6.45, 7) is 4.58. The van der Waals surface area contributed by atoms with E-state index in [1.54, 1.807) is 7.05 Å². The highest BCUT2D eigenvalue weighted by molar-refractivity contribution is 5.84. The zero-order chi connectivity index (χ0) is 12.2. The number of aromatic nitrogens is 2. The number of primary amides is 1. The number of rotatable bonds is 6. The Morgan fingerprint density at radius 1 is 1.69 bits per heavy atom. The largest absolute Gasteiger partial charge is 0.368 e. The molecule has 1 aromatic heterocycles. The number of hydrogen-bond acceptors (Lipinski definition) is 3. The van der Waals surface area contributed by atoms with Crippen molar-refractivity contribution in [3.63, 3.8) is 0 Å². The van der Waals surface area contributed by atoms with E-state index in [4.69, 9.17) is 5.73 Å². The van der Waals surface area contributed by atoms with Gasteiger partial charge in [-0.25, -0.2) is 0 Å². The predicted molar refractivity (Wildman–Crippen MR) is 62.9 cm³/mol. The lowest BCUT2D eigenvalue weighted by Crippen LogP contribution is -2.51. The Balaban J connectivity index is 2.43. The molecule has 0 aromatic carbocycles. The summed E-state index contributed by atoms with van der Waals surface area (Å²) < 4.78 is 1.88. The highest BCUT2D eigenvalue weighted by atomic mass is 16.1. The fourth-order valence-corrected chi connectivity index (χ4v) is 1.55. The molecular weight excluding hydrogens is 204 g/mol. The first kappa shape index (κ1) is 12.7. The molecule has 5 nitrogen and oxygen atoms in total. The van der Waals surface area contributed by atoms with Crippen LogP contribution in [0.2, 0.25) is 0 Å². The zero-order valence-corrected chi connectivity index (χ0v) is 10.2. The van der Waals surface area contributed by atoms with E-state index < -0.39 is 5.54 Å². The number of likely N-dealkylation sites (N-methyl/N-ethyl adjacent to an activating group) is 1. The molecular formula is C11H20N4O. The lowest BCUT2D eigenvalue weighted by molar-refractivity contribution is -0.123. The van der Waals surface area contributed by atoms with Gasteiger partial charge in [0.2, 0.25) is 5.91 Å². The van der Waals surface area contributed by atoms with Crippen molar-refractivity contribution in [2.45, 2.75) is 38.8 Å². The molecule has 0 aliphatic heterocycles. The monoisotopic (exact) mass is 224 g/mol. The molecule has 1 rings (SSSR count). The molecule has 90 valence electrons. The zero-order valence-electron chi connectivity index (χ0n) is 10.2. The highest BCUT2D eigenvalue weighted by Crippen LogP contribution is 2.11. The van der Waals surface area contributed by atoms with Crippen molar-refractivity contribution in [3.8, 4) is 0 Å². The number of nitrogens with zero attached hydrogens (tertiary/aromatic N) is 2. The number of nitrogens with two attached hydrogens (primary N) is 1. The minimum absolute atomic E-state index is 0.313. The summed E-state index contributed by atoms with van der Waals surface area (Å²) in [5.74, 6) is -0.313. The molecule has 0 saturated heterocycles. The number of hydrogen-bond donors (Lipinski definition) is 2. The second-order valence-corrected chi connectivity index (χ2v) is 4.27. The van der Waals surface area contributed by atoms with Crippen molar-refractivity contribution in [1.29, 1.82) is 0 Å². The molecule has 1 heterocycles. The Hall–Kier alpha value is -1.36. The maximum atomic E-state index is 11.2. The molecule has 1 amide bonds. The van der Waals surface area contributed by atoms with Crippen LogP contribution in [0.25, 0.3) is 0 Å². The molecule has 0 saturated carbocycles. The van der Waals surface area contributed by atoms with Crippen LogP contribution >= 0.6 is 0 Å². The summed E-state index contributed by atoms with van der Waals surface area (Å²) in [6.07, 6.45) is 3.51. The quantitative estimate of drug-likeness (QED) is 0.736. The summed E-state index contributed by atoms with van der Waals surface area (Å²) in [5.41, 5.74) is 5.72. The summed E-state index contributed by atoms with van der Waals surface area (Å²) in [5, 5.41) is 7.25. The normalized spacial score (nSPS) is 14.7. The first-order chi connectivity index (χ1) is 7.48. The van der Waals surface area contributed by atoms with Crippen LogP contribution in [0.4, 0.5) is 0 Å². The van der Waals surface area contributed by atoms with E-state index >= 15 is 0 Å². The molecule has 3 N–H and O–H groups in total. The number of carbonyl (C=O) groups is 1. The Morgan fingerprint density at radius 3 is 2.81 bits per heavy atom. The third kappa shape index (κ3) is 3.06. The average molecular weight is 224 g/mol. The fraction of sp³-hybridized carbons (Fsp3) is 0.636. The minimum atomic E-state index is -0.623. The second kappa shape index (κ2) is 5.12. The molecule has 0 spiro atoms. The number of nitrogens with one attached hydrogen (secondary N) is 1. The number of amides is 1. The van der Waals surface area contributed by atoms with Crippen LogP contribution in [0, 0.1) is 6.92 Å². The van der Waals surface area contributed by atoms with Gasteiger partial charge in [-0.2, -0.15) is 5.10 Å². The average Bonchev–Trinajstić information content (AvgIpc) is 2.63. The maximum absolute atomic E-state index is 11.2. The van der Waals surface area contributed by atoms with E-state index in [1.165, 1.54) is 0 Å². The van der Waals surface area contributed by atoms with Gasteiger partial charge in [0, 0.05) is 12.7 Å². The molecule has 1 aromatic rings. The van der Waals surface area contributed by atoms with Crippen molar-refractivity contribution in [1.82, 2.24) is 15.1 Å². The van der Waals surface area contributed by atoms with Crippen LogP contribution in [0.1, 0.15) is 25.5 Å². The Labute approximate surface area is 96.0 Å². The van der Waals surface area contributed by atoms with Crippen molar-refractivity contribution >= 4 is 5.91 Å². The lowest BCUT2D eigenvalue weighted by Gasteiger charge is -2.25. The summed E-state index contributed by atoms with van der Waals surface area (Å²) in [7, 11) is 1.75. The van der Waals surface area contributed by atoms with Gasteiger partial charge in [-0.3, -0.25) is 9.48 Å². The van der Waals surface area contributed by atoms with Crippen molar-refractivity contribution in [2.75, 3.05) is 7.05 Å². The SMILES string of the molecule is CNC(C)(CCCn1ccc(C)n1)C(N)=O. The van der Waals surface area contributed by atoms with Gasteiger partial charge in [-0.05, 0) is 39.8 Å². The van der Waals surface area contributed by atoms with Gasteiger partial charge in [0.25, 0.3) is 0 Å². The van der Waals surface area contributed by atoms with Gasteiger partial charge in [0.15, 0.2) is 0 Å². The molecule has 5 heteroatoms. The predicted octanol–water partition coefficient (Wildman–Crippen LogP) is 0.435. The summed E-state index contributed by atoms with van der Waals surface area (Å²) in [4.78, 5) is 11.2. The first-order valence-electron chi connectivity index (χ1n) is 5.47. The van der Waals surface area contributed by atoms with Gasteiger partial charge in [0.1, 0.15) is 0 Å². The van der Waals surface area contributed by atoms with Crippen LogP contribution in [0.3, 0.4) is 0 Å². The Morgan fingerprint density at radius 2 is 2.38 bits per heavy atom. The topological polar surface area (TPSA) is 72.9 Å². The minimum Gasteiger partial charge on any atom is -0.368 e. The van der Waals surface area contributed by atoms with Gasteiger partial charge in [0.05, 0.1) is 11.2 Å². The fourth-order valence-electron chi connectivity index (χ4n) is 1.55. The lowest BCUT2D eigenvalue weighted by atomic mass is 9.95. The van der Waals surface area contributed by atoms with Gasteiger partial charge >= 0.3 is 0 Å². The Kier molecular flexibility index (Phi) is 4.06. The third-order valence-corrected chi connectivity index (χ3v) is 2.93. The van der Waals surface area contributed by atoms with Gasteiger partial charge in [-0.15, -0.1) is 0 Å². The third-order valence-electron chi connectivity index (χ3n) is 2.93. The molecule has 0 bridgehead atoms. The maximum Gasteiger partial charge on any atom is 0.237 e. The van der Waals surface area contributed by atoms with Gasteiger partial charge < -0.3 is 11.1 Å². The molecule has 0 aliphatic rings. The van der Waals surface area contributed by atoms with Crippen molar-refractivity contribution in [2.24, 2.45) is 5.73 Å². The molecule has 16 heavy (non-hydrogen) atoms.